The molecular formula is C17H26N2O. The molecule has 0 radical (unpaired) electrons. The number of carbonyl (C=O) groups excluding carboxylic acids is 1. The van der Waals surface area contributed by atoms with Crippen LogP contribution in [0, 0.1) is 11.8 Å². The van der Waals surface area contributed by atoms with Crippen LogP contribution in [0.1, 0.15) is 38.8 Å². The van der Waals surface area contributed by atoms with E-state index in [1.54, 1.807) is 0 Å². The fraction of sp³-hybridized carbons (Fsp3) is 0.588. The molecule has 0 aliphatic carbocycles. The van der Waals surface area contributed by atoms with E-state index in [0.717, 1.165) is 18.7 Å². The van der Waals surface area contributed by atoms with Crippen LogP contribution in [0.25, 0.3) is 0 Å². The number of hydrogen-bond acceptors (Lipinski definition) is 2. The van der Waals surface area contributed by atoms with E-state index in [2.05, 4.69) is 36.2 Å². The number of amides is 1. The minimum absolute atomic E-state index is 0.0725. The van der Waals surface area contributed by atoms with E-state index >= 15 is 0 Å². The van der Waals surface area contributed by atoms with Crippen LogP contribution in [0.5, 0.6) is 0 Å². The minimum Gasteiger partial charge on any atom is -0.348 e. The lowest BCUT2D eigenvalue weighted by Crippen LogP contribution is -2.44. The quantitative estimate of drug-likeness (QED) is 0.915. The Morgan fingerprint density at radius 1 is 1.25 bits per heavy atom. The summed E-state index contributed by atoms with van der Waals surface area (Å²) < 4.78 is 0. The van der Waals surface area contributed by atoms with Crippen molar-refractivity contribution < 1.29 is 4.79 Å². The molecule has 1 saturated heterocycles. The van der Waals surface area contributed by atoms with Crippen LogP contribution in [0.3, 0.4) is 0 Å². The van der Waals surface area contributed by atoms with Crippen molar-refractivity contribution in [3.05, 3.63) is 35.9 Å². The van der Waals surface area contributed by atoms with E-state index in [1.807, 2.05) is 25.1 Å². The second-order valence-electron chi connectivity index (χ2n) is 6.34. The Morgan fingerprint density at radius 3 is 2.45 bits per heavy atom. The fourth-order valence-electron chi connectivity index (χ4n) is 3.24. The average Bonchev–Trinajstić information content (AvgIpc) is 2.38. The molecule has 3 nitrogen and oxygen atoms in total. The molecule has 0 unspecified atom stereocenters. The van der Waals surface area contributed by atoms with Crippen LogP contribution in [0.4, 0.5) is 0 Å². The normalized spacial score (nSPS) is 25.1. The van der Waals surface area contributed by atoms with Gasteiger partial charge in [0.15, 0.2) is 0 Å². The zero-order valence-corrected chi connectivity index (χ0v) is 12.8. The van der Waals surface area contributed by atoms with E-state index in [-0.39, 0.29) is 11.9 Å². The minimum atomic E-state index is 0.0725. The maximum absolute atomic E-state index is 12.2. The van der Waals surface area contributed by atoms with Gasteiger partial charge in [0.05, 0.1) is 12.6 Å². The standard InChI is InChI=1S/C17H26N2O/c1-13-9-14(2)11-19(10-13)12-17(20)18-15(3)16-7-5-4-6-8-16/h4-8,13-15H,9-12H2,1-3H3,(H,18,20)/t13-,14-,15-/m0/s1. The third-order valence-electron chi connectivity index (χ3n) is 3.99. The third-order valence-corrected chi connectivity index (χ3v) is 3.99. The monoisotopic (exact) mass is 274 g/mol. The highest BCUT2D eigenvalue weighted by Crippen LogP contribution is 2.20. The van der Waals surface area contributed by atoms with Crippen molar-refractivity contribution in [3.8, 4) is 0 Å². The van der Waals surface area contributed by atoms with Gasteiger partial charge in [-0.25, -0.2) is 0 Å². The lowest BCUT2D eigenvalue weighted by atomic mass is 9.92. The summed E-state index contributed by atoms with van der Waals surface area (Å²) in [5.41, 5.74) is 1.15. The smallest absolute Gasteiger partial charge is 0.234 e. The van der Waals surface area contributed by atoms with Gasteiger partial charge in [-0.3, -0.25) is 9.69 Å². The van der Waals surface area contributed by atoms with E-state index in [0.29, 0.717) is 18.4 Å². The Morgan fingerprint density at radius 2 is 1.85 bits per heavy atom. The topological polar surface area (TPSA) is 32.3 Å². The van der Waals surface area contributed by atoms with E-state index in [4.69, 9.17) is 0 Å². The van der Waals surface area contributed by atoms with Gasteiger partial charge < -0.3 is 5.32 Å². The summed E-state index contributed by atoms with van der Waals surface area (Å²) >= 11 is 0. The SMILES string of the molecule is C[C@H]1C[C@H](C)CN(CC(=O)N[C@@H](C)c2ccccc2)C1. The predicted octanol–water partition coefficient (Wildman–Crippen LogP) is 2.84. The van der Waals surface area contributed by atoms with Crippen LogP contribution < -0.4 is 5.32 Å². The number of rotatable bonds is 4. The van der Waals surface area contributed by atoms with Crippen molar-refractivity contribution in [3.63, 3.8) is 0 Å². The summed E-state index contributed by atoms with van der Waals surface area (Å²) in [7, 11) is 0. The average molecular weight is 274 g/mol. The summed E-state index contributed by atoms with van der Waals surface area (Å²) in [5, 5.41) is 3.09. The molecule has 1 N–H and O–H groups in total. The highest BCUT2D eigenvalue weighted by Gasteiger charge is 2.23. The van der Waals surface area contributed by atoms with E-state index < -0.39 is 0 Å². The second kappa shape index (κ2) is 6.89. The summed E-state index contributed by atoms with van der Waals surface area (Å²) in [6.45, 7) is 9.18. The van der Waals surface area contributed by atoms with Crippen LogP contribution in [-0.4, -0.2) is 30.4 Å². The van der Waals surface area contributed by atoms with Gasteiger partial charge in [0.1, 0.15) is 0 Å². The van der Waals surface area contributed by atoms with Gasteiger partial charge >= 0.3 is 0 Å². The summed E-state index contributed by atoms with van der Waals surface area (Å²) in [6.07, 6.45) is 1.28. The largest absolute Gasteiger partial charge is 0.348 e. The maximum atomic E-state index is 12.2. The highest BCUT2D eigenvalue weighted by molar-refractivity contribution is 5.78. The van der Waals surface area contributed by atoms with E-state index in [1.165, 1.54) is 6.42 Å². The molecule has 0 spiro atoms. The number of nitrogens with zero attached hydrogens (tertiary/aromatic N) is 1. The number of hydrogen-bond donors (Lipinski definition) is 1. The van der Waals surface area contributed by atoms with Crippen molar-refractivity contribution in [2.45, 2.75) is 33.2 Å². The Labute approximate surface area is 122 Å². The molecule has 3 atom stereocenters. The first-order valence-electron chi connectivity index (χ1n) is 7.61. The van der Waals surface area contributed by atoms with Crippen molar-refractivity contribution >= 4 is 5.91 Å². The molecule has 1 fully saturated rings. The van der Waals surface area contributed by atoms with Gasteiger partial charge in [-0.15, -0.1) is 0 Å². The lowest BCUT2D eigenvalue weighted by molar-refractivity contribution is -0.123. The van der Waals surface area contributed by atoms with Gasteiger partial charge in [0.2, 0.25) is 5.91 Å². The second-order valence-corrected chi connectivity index (χ2v) is 6.34. The van der Waals surface area contributed by atoms with Crippen molar-refractivity contribution in [2.24, 2.45) is 11.8 Å². The molecule has 110 valence electrons. The first-order valence-corrected chi connectivity index (χ1v) is 7.61. The van der Waals surface area contributed by atoms with Gasteiger partial charge in [-0.05, 0) is 30.7 Å². The molecular weight excluding hydrogens is 248 g/mol. The number of carbonyl (C=O) groups is 1. The first-order chi connectivity index (χ1) is 9.54. The molecule has 3 heteroatoms. The summed E-state index contributed by atoms with van der Waals surface area (Å²) in [4.78, 5) is 14.4. The van der Waals surface area contributed by atoms with Crippen molar-refractivity contribution in [1.29, 1.82) is 0 Å². The molecule has 0 bridgehead atoms. The van der Waals surface area contributed by atoms with Crippen LogP contribution in [0.2, 0.25) is 0 Å². The molecule has 1 aromatic rings. The highest BCUT2D eigenvalue weighted by atomic mass is 16.2. The molecule has 0 saturated carbocycles. The van der Waals surface area contributed by atoms with Crippen LogP contribution >= 0.6 is 0 Å². The van der Waals surface area contributed by atoms with Crippen molar-refractivity contribution in [1.82, 2.24) is 10.2 Å². The molecule has 1 amide bonds. The Kier molecular flexibility index (Phi) is 5.18. The predicted molar refractivity (Wildman–Crippen MR) is 82.4 cm³/mol. The lowest BCUT2D eigenvalue weighted by Gasteiger charge is -2.34. The van der Waals surface area contributed by atoms with Crippen molar-refractivity contribution in [2.75, 3.05) is 19.6 Å². The molecule has 1 aromatic carbocycles. The molecule has 2 rings (SSSR count). The maximum Gasteiger partial charge on any atom is 0.234 e. The van der Waals surface area contributed by atoms with Crippen LogP contribution in [0.15, 0.2) is 30.3 Å². The van der Waals surface area contributed by atoms with Gasteiger partial charge in [-0.2, -0.15) is 0 Å². The third kappa shape index (κ3) is 4.34. The molecule has 0 aromatic heterocycles. The first kappa shape index (κ1) is 15.0. The fourth-order valence-corrected chi connectivity index (χ4v) is 3.24. The number of benzene rings is 1. The molecule has 1 aliphatic rings. The van der Waals surface area contributed by atoms with Gasteiger partial charge in [0, 0.05) is 13.1 Å². The molecule has 20 heavy (non-hydrogen) atoms. The molecule has 1 aliphatic heterocycles. The number of nitrogens with one attached hydrogen (secondary N) is 1. The van der Waals surface area contributed by atoms with Crippen LogP contribution in [-0.2, 0) is 4.79 Å². The number of likely N-dealkylation sites (tertiary alicyclic amines) is 1. The Hall–Kier alpha value is -1.35. The molecule has 1 heterocycles. The Bertz CT molecular complexity index is 422. The van der Waals surface area contributed by atoms with Gasteiger partial charge in [-0.1, -0.05) is 44.2 Å². The van der Waals surface area contributed by atoms with E-state index in [9.17, 15) is 4.79 Å². The zero-order valence-electron chi connectivity index (χ0n) is 12.8. The zero-order chi connectivity index (χ0) is 14.5. The van der Waals surface area contributed by atoms with Gasteiger partial charge in [0.25, 0.3) is 0 Å². The summed E-state index contributed by atoms with van der Waals surface area (Å²) in [5.74, 6) is 1.51. The summed E-state index contributed by atoms with van der Waals surface area (Å²) in [6, 6.07) is 10.2. The number of piperidine rings is 1. The Balaban J connectivity index is 1.83.